The molecule has 0 fully saturated rings. The molecule has 0 aliphatic rings. The molecule has 55 heavy (non-hydrogen) atoms. The summed E-state index contributed by atoms with van der Waals surface area (Å²) >= 11 is 0. The van der Waals surface area contributed by atoms with Crippen molar-refractivity contribution in [2.45, 2.75) is 66.2 Å². The number of hydrogen-bond donors (Lipinski definition) is 0. The first kappa shape index (κ1) is 36.7. The van der Waals surface area contributed by atoms with Gasteiger partial charge in [-0.2, -0.15) is 23.8 Å². The fraction of sp³-hybridized carbons (Fsp3) is 0.196. The quantitative estimate of drug-likeness (QED) is 0.161. The molecule has 0 N–H and O–H groups in total. The van der Waals surface area contributed by atoms with E-state index in [2.05, 4.69) is 204 Å². The van der Waals surface area contributed by atoms with Crippen LogP contribution in [0.1, 0.15) is 63.8 Å². The van der Waals surface area contributed by atoms with Crippen molar-refractivity contribution >= 4 is 43.9 Å². The van der Waals surface area contributed by atoms with Gasteiger partial charge in [-0.25, -0.2) is 4.98 Å². The Morgan fingerprint density at radius 2 is 1.11 bits per heavy atom. The molecule has 3 aromatic heterocycles. The monoisotopic (exact) mass is 894 g/mol. The van der Waals surface area contributed by atoms with Crippen LogP contribution < -0.4 is 0 Å². The van der Waals surface area contributed by atoms with E-state index in [0.29, 0.717) is 0 Å². The summed E-state index contributed by atoms with van der Waals surface area (Å²) in [6.45, 7) is 18.2. The average molecular weight is 895 g/mol. The summed E-state index contributed by atoms with van der Waals surface area (Å²) in [4.78, 5) is 5.74. The molecule has 0 amide bonds. The normalized spacial score (nSPS) is 12.2. The van der Waals surface area contributed by atoms with E-state index in [1.54, 1.807) is 0 Å². The van der Waals surface area contributed by atoms with E-state index < -0.39 is 0 Å². The van der Waals surface area contributed by atoms with Crippen LogP contribution in [0.3, 0.4) is 0 Å². The summed E-state index contributed by atoms with van der Waals surface area (Å²) < 4.78 is 4.66. The van der Waals surface area contributed by atoms with Crippen LogP contribution in [-0.2, 0) is 31.9 Å². The molecule has 0 spiro atoms. The van der Waals surface area contributed by atoms with Crippen molar-refractivity contribution in [2.24, 2.45) is 0 Å². The second-order valence-electron chi connectivity index (χ2n) is 16.8. The fourth-order valence-electron chi connectivity index (χ4n) is 8.45. The molecule has 3 nitrogen and oxygen atoms in total. The van der Waals surface area contributed by atoms with E-state index in [9.17, 15) is 0 Å². The van der Waals surface area contributed by atoms with Crippen LogP contribution in [0.2, 0.25) is 0 Å². The van der Waals surface area contributed by atoms with Crippen molar-refractivity contribution in [3.63, 3.8) is 0 Å². The van der Waals surface area contributed by atoms with Gasteiger partial charge in [-0.3, -0.25) is 0 Å². The first-order valence-corrected chi connectivity index (χ1v) is 19.0. The minimum atomic E-state index is -0.193. The molecule has 0 saturated heterocycles. The molecule has 9 aromatic rings. The van der Waals surface area contributed by atoms with Gasteiger partial charge in [-0.15, -0.1) is 35.9 Å². The maximum atomic E-state index is 5.74. The smallest absolute Gasteiger partial charge is 0.318 e. The predicted octanol–water partition coefficient (Wildman–Crippen LogP) is 13.4. The number of benzene rings is 6. The Hall–Kier alpha value is -5.24. The Morgan fingerprint density at radius 1 is 0.545 bits per heavy atom. The molecule has 3 heterocycles. The molecule has 0 radical (unpaired) electrons. The Kier molecular flexibility index (Phi) is 9.01. The second kappa shape index (κ2) is 13.5. The number of aryl methyl sites for hydroxylation is 2. The molecular weight excluding hydrogens is 850 g/mol. The molecule has 0 aliphatic heterocycles. The zero-order valence-corrected chi connectivity index (χ0v) is 35.1. The summed E-state index contributed by atoms with van der Waals surface area (Å²) in [7, 11) is 0. The number of fused-ring (bicyclic) bond motifs is 6. The van der Waals surface area contributed by atoms with Gasteiger partial charge in [0, 0.05) is 21.5 Å². The molecule has 0 aliphatic carbocycles. The third-order valence-electron chi connectivity index (χ3n) is 11.0. The van der Waals surface area contributed by atoms with Crippen molar-refractivity contribution in [1.29, 1.82) is 0 Å². The molecule has 274 valence electrons. The maximum Gasteiger partial charge on any atom is 2.00 e. The van der Waals surface area contributed by atoms with E-state index in [4.69, 9.17) is 4.98 Å². The first-order valence-electron chi connectivity index (χ1n) is 19.0. The summed E-state index contributed by atoms with van der Waals surface area (Å²) in [5, 5.41) is 4.80. The fourth-order valence-corrected chi connectivity index (χ4v) is 8.45. The summed E-state index contributed by atoms with van der Waals surface area (Å²) in [6.07, 6.45) is 0. The Bertz CT molecular complexity index is 2910. The molecule has 4 heteroatoms. The van der Waals surface area contributed by atoms with Crippen molar-refractivity contribution in [1.82, 2.24) is 14.1 Å². The van der Waals surface area contributed by atoms with Gasteiger partial charge in [0.25, 0.3) is 0 Å². The number of rotatable bonds is 4. The van der Waals surface area contributed by atoms with E-state index in [1.165, 1.54) is 60.5 Å². The largest absolute Gasteiger partial charge is 2.00 e. The van der Waals surface area contributed by atoms with Gasteiger partial charge < -0.3 is 9.13 Å². The molecule has 0 unspecified atom stereocenters. The van der Waals surface area contributed by atoms with Crippen LogP contribution in [0.25, 0.3) is 77.5 Å². The zero-order chi connectivity index (χ0) is 37.5. The van der Waals surface area contributed by atoms with Gasteiger partial charge in [-0.1, -0.05) is 143 Å². The minimum absolute atomic E-state index is 0. The van der Waals surface area contributed by atoms with Gasteiger partial charge in [0.15, 0.2) is 0 Å². The van der Waals surface area contributed by atoms with Crippen LogP contribution in [0.4, 0.5) is 0 Å². The first-order chi connectivity index (χ1) is 25.9. The number of aromatic nitrogens is 3. The molecule has 0 atom stereocenters. The van der Waals surface area contributed by atoms with Crippen molar-refractivity contribution in [3.8, 4) is 33.6 Å². The van der Waals surface area contributed by atoms with E-state index in [1.807, 2.05) is 0 Å². The van der Waals surface area contributed by atoms with Crippen molar-refractivity contribution < 1.29 is 21.1 Å². The Morgan fingerprint density at radius 3 is 1.73 bits per heavy atom. The van der Waals surface area contributed by atoms with Crippen LogP contribution in [0.5, 0.6) is 0 Å². The third kappa shape index (κ3) is 6.05. The Labute approximate surface area is 338 Å². The molecular formula is C51H45N3Pt. The van der Waals surface area contributed by atoms with E-state index in [0.717, 1.165) is 39.3 Å². The van der Waals surface area contributed by atoms with Crippen LogP contribution >= 0.6 is 0 Å². The average Bonchev–Trinajstić information content (AvgIpc) is 3.66. The van der Waals surface area contributed by atoms with Crippen LogP contribution in [0, 0.1) is 26.0 Å². The van der Waals surface area contributed by atoms with Crippen molar-refractivity contribution in [3.05, 3.63) is 162 Å². The number of nitrogens with zero attached hydrogens (tertiary/aromatic N) is 3. The zero-order valence-electron chi connectivity index (χ0n) is 32.8. The second-order valence-corrected chi connectivity index (χ2v) is 16.8. The molecule has 6 aromatic carbocycles. The summed E-state index contributed by atoms with van der Waals surface area (Å²) in [5.74, 6) is 0. The van der Waals surface area contributed by atoms with E-state index in [-0.39, 0.29) is 31.9 Å². The molecule has 0 saturated carbocycles. The number of pyridine rings is 1. The van der Waals surface area contributed by atoms with Gasteiger partial charge in [0.2, 0.25) is 0 Å². The third-order valence-corrected chi connectivity index (χ3v) is 11.0. The predicted molar refractivity (Wildman–Crippen MR) is 228 cm³/mol. The molecule has 9 rings (SSSR count). The van der Waals surface area contributed by atoms with Gasteiger partial charge in [0.1, 0.15) is 11.3 Å². The van der Waals surface area contributed by atoms with Gasteiger partial charge in [0.05, 0.1) is 11.0 Å². The Balaban J connectivity index is 0.00000427. The number of para-hydroxylation sites is 2. The number of hydrogen-bond acceptors (Lipinski definition) is 1. The van der Waals surface area contributed by atoms with Crippen LogP contribution in [-0.4, -0.2) is 14.1 Å². The van der Waals surface area contributed by atoms with Gasteiger partial charge in [-0.05, 0) is 59.2 Å². The van der Waals surface area contributed by atoms with Gasteiger partial charge >= 0.3 is 21.1 Å². The van der Waals surface area contributed by atoms with Crippen LogP contribution in [0.15, 0.2) is 127 Å². The van der Waals surface area contributed by atoms with Crippen molar-refractivity contribution in [2.75, 3.05) is 0 Å². The SMILES string of the molecule is Cc1cc(-c2ccccc2)c(C)cc1-c1[c-]c(-n2c3ccccc3c3c(C(C)(C)C)c4c5ccccc5n(-c5[c-]ccc(C(C)(C)C)c5)c4nc32)ccc1.[Pt+2]. The summed E-state index contributed by atoms with van der Waals surface area (Å²) in [5.41, 5.74) is 15.7. The topological polar surface area (TPSA) is 22.8 Å². The minimum Gasteiger partial charge on any atom is -0.318 e. The molecule has 0 bridgehead atoms. The summed E-state index contributed by atoms with van der Waals surface area (Å²) in [6, 6.07) is 53.4. The van der Waals surface area contributed by atoms with E-state index >= 15 is 0 Å². The standard InChI is InChI=1S/C51H45N3.Pt/c1-32-29-42(33(2)28-41(32)34-18-10-9-11-19-34)35-20-16-22-37(30-35)53-43-26-14-12-24-39(43)45-47(51(6,7)8)46-40-25-13-15-27-44(40)54(49(46)52-48(45)53)38-23-17-21-36(31-38)50(3,4)5;/h9-22,24-29,31H,1-8H3;/q-2;+2. The maximum absolute atomic E-state index is 5.74.